The maximum absolute atomic E-state index is 12.2. The Hall–Kier alpha value is -1.62. The summed E-state index contributed by atoms with van der Waals surface area (Å²) in [5.74, 6) is -0.601. The van der Waals surface area contributed by atoms with Crippen LogP contribution < -0.4 is 10.6 Å². The lowest BCUT2D eigenvalue weighted by Crippen LogP contribution is -2.44. The Bertz CT molecular complexity index is 545. The lowest BCUT2D eigenvalue weighted by atomic mass is 10.1. The zero-order valence-electron chi connectivity index (χ0n) is 12.1. The summed E-state index contributed by atoms with van der Waals surface area (Å²) in [5, 5.41) is 5.39. The molecule has 0 aliphatic rings. The molecule has 0 atom stereocenters. The Morgan fingerprint density at radius 1 is 1.20 bits per heavy atom. The van der Waals surface area contributed by atoms with Gasteiger partial charge in [-0.15, -0.1) is 0 Å². The van der Waals surface area contributed by atoms with Crippen LogP contribution in [0.5, 0.6) is 0 Å². The monoisotopic (exact) mass is 338 g/mol. The topological polar surface area (TPSA) is 58.2 Å². The predicted octanol–water partition coefficient (Wildman–Crippen LogP) is 2.84. The van der Waals surface area contributed by atoms with E-state index in [4.69, 9.17) is 0 Å². The lowest BCUT2D eigenvalue weighted by molar-refractivity contribution is -0.123. The van der Waals surface area contributed by atoms with Crippen LogP contribution in [-0.2, 0) is 9.59 Å². The van der Waals surface area contributed by atoms with Gasteiger partial charge in [0.15, 0.2) is 0 Å². The highest BCUT2D eigenvalue weighted by Gasteiger charge is 2.18. The number of amides is 2. The van der Waals surface area contributed by atoms with Gasteiger partial charge in [-0.1, -0.05) is 34.1 Å². The van der Waals surface area contributed by atoms with Crippen molar-refractivity contribution in [2.24, 2.45) is 0 Å². The molecule has 0 heterocycles. The number of hydrogen-bond donors (Lipinski definition) is 2. The fourth-order valence-electron chi connectivity index (χ4n) is 1.50. The van der Waals surface area contributed by atoms with E-state index >= 15 is 0 Å². The average Bonchev–Trinajstić information content (AvgIpc) is 2.28. The highest BCUT2D eigenvalue weighted by molar-refractivity contribution is 9.10. The molecule has 0 bridgehead atoms. The third kappa shape index (κ3) is 5.57. The van der Waals surface area contributed by atoms with Crippen molar-refractivity contribution in [3.05, 3.63) is 40.0 Å². The number of carbonyl (C=O) groups excluding carboxylic acids is 2. The van der Waals surface area contributed by atoms with Gasteiger partial charge in [-0.2, -0.15) is 0 Å². The van der Waals surface area contributed by atoms with Crippen LogP contribution in [0.1, 0.15) is 33.3 Å². The molecule has 1 aromatic carbocycles. The lowest BCUT2D eigenvalue weighted by Gasteiger charge is -2.21. The Morgan fingerprint density at radius 3 is 2.30 bits per heavy atom. The Kier molecular flexibility index (Phi) is 5.51. The fourth-order valence-corrected chi connectivity index (χ4v) is 1.90. The van der Waals surface area contributed by atoms with Crippen LogP contribution >= 0.6 is 15.9 Å². The molecule has 2 N–H and O–H groups in total. The van der Waals surface area contributed by atoms with Gasteiger partial charge in [-0.3, -0.25) is 9.59 Å². The van der Waals surface area contributed by atoms with Crippen molar-refractivity contribution >= 4 is 33.8 Å². The van der Waals surface area contributed by atoms with Crippen molar-refractivity contribution in [2.75, 3.05) is 0 Å². The molecule has 0 aliphatic carbocycles. The molecular formula is C15H19BrN2O2. The number of rotatable bonds is 3. The smallest absolute Gasteiger partial charge is 0.268 e. The zero-order valence-corrected chi connectivity index (χ0v) is 13.7. The summed E-state index contributed by atoms with van der Waals surface area (Å²) in [6, 6.07) is 7.48. The van der Waals surface area contributed by atoms with E-state index in [1.54, 1.807) is 6.08 Å². The minimum atomic E-state index is -0.372. The Morgan fingerprint density at radius 2 is 1.80 bits per heavy atom. The molecule has 0 unspecified atom stereocenters. The number of carbonyl (C=O) groups is 2. The summed E-state index contributed by atoms with van der Waals surface area (Å²) in [5.41, 5.74) is 0.669. The molecule has 1 rings (SSSR count). The maximum Gasteiger partial charge on any atom is 0.268 e. The highest BCUT2D eigenvalue weighted by Crippen LogP contribution is 2.18. The van der Waals surface area contributed by atoms with E-state index in [-0.39, 0.29) is 23.1 Å². The van der Waals surface area contributed by atoms with Gasteiger partial charge in [0.2, 0.25) is 5.91 Å². The summed E-state index contributed by atoms with van der Waals surface area (Å²) in [6.45, 7) is 7.02. The third-order valence-electron chi connectivity index (χ3n) is 2.25. The standard InChI is InChI=1S/C15H19BrN2O2/c1-10(19)17-13(14(20)18-15(2,3)4)9-11-7-5-6-8-12(11)16/h5-9H,1-4H3,(H,17,19)(H,18,20). The van der Waals surface area contributed by atoms with Crippen LogP contribution in [0.2, 0.25) is 0 Å². The van der Waals surface area contributed by atoms with Crippen molar-refractivity contribution in [1.29, 1.82) is 0 Å². The van der Waals surface area contributed by atoms with E-state index in [0.29, 0.717) is 0 Å². The summed E-state index contributed by atoms with van der Waals surface area (Å²) in [6.07, 6.45) is 1.65. The molecular weight excluding hydrogens is 320 g/mol. The van der Waals surface area contributed by atoms with E-state index in [1.807, 2.05) is 45.0 Å². The van der Waals surface area contributed by atoms with Crippen LogP contribution in [0.3, 0.4) is 0 Å². The van der Waals surface area contributed by atoms with Crippen molar-refractivity contribution in [3.63, 3.8) is 0 Å². The quantitative estimate of drug-likeness (QED) is 0.832. The molecule has 0 saturated heterocycles. The summed E-state index contributed by atoms with van der Waals surface area (Å²) >= 11 is 3.41. The summed E-state index contributed by atoms with van der Waals surface area (Å²) in [7, 11) is 0. The zero-order chi connectivity index (χ0) is 15.3. The molecule has 0 saturated carbocycles. The first-order valence-corrected chi connectivity index (χ1v) is 7.04. The first kappa shape index (κ1) is 16.4. The number of benzene rings is 1. The normalized spacial score (nSPS) is 11.9. The molecule has 0 aromatic heterocycles. The maximum atomic E-state index is 12.2. The molecule has 0 radical (unpaired) electrons. The van der Waals surface area contributed by atoms with E-state index in [0.717, 1.165) is 10.0 Å². The molecule has 5 heteroatoms. The molecule has 1 aromatic rings. The molecule has 4 nitrogen and oxygen atoms in total. The van der Waals surface area contributed by atoms with Gasteiger partial charge in [-0.05, 0) is 38.5 Å². The van der Waals surface area contributed by atoms with Crippen LogP contribution in [-0.4, -0.2) is 17.4 Å². The van der Waals surface area contributed by atoms with Gasteiger partial charge < -0.3 is 10.6 Å². The predicted molar refractivity (Wildman–Crippen MR) is 83.8 cm³/mol. The number of hydrogen-bond acceptors (Lipinski definition) is 2. The van der Waals surface area contributed by atoms with E-state index < -0.39 is 0 Å². The number of nitrogens with one attached hydrogen (secondary N) is 2. The molecule has 108 valence electrons. The van der Waals surface area contributed by atoms with E-state index in [2.05, 4.69) is 26.6 Å². The third-order valence-corrected chi connectivity index (χ3v) is 2.97. The molecule has 0 aliphatic heterocycles. The summed E-state index contributed by atoms with van der Waals surface area (Å²) < 4.78 is 0.853. The van der Waals surface area contributed by atoms with Crippen LogP contribution in [0.25, 0.3) is 6.08 Å². The highest BCUT2D eigenvalue weighted by atomic mass is 79.9. The van der Waals surface area contributed by atoms with Gasteiger partial charge in [0.05, 0.1) is 0 Å². The second-order valence-corrected chi connectivity index (χ2v) is 6.32. The van der Waals surface area contributed by atoms with Gasteiger partial charge >= 0.3 is 0 Å². The fraction of sp³-hybridized carbons (Fsp3) is 0.333. The van der Waals surface area contributed by atoms with E-state index in [1.165, 1.54) is 6.92 Å². The molecule has 0 fully saturated rings. The van der Waals surface area contributed by atoms with Gasteiger partial charge in [0.25, 0.3) is 5.91 Å². The van der Waals surface area contributed by atoms with E-state index in [9.17, 15) is 9.59 Å². The first-order valence-electron chi connectivity index (χ1n) is 6.25. The Labute approximate surface area is 127 Å². The minimum absolute atomic E-state index is 0.222. The van der Waals surface area contributed by atoms with Crippen molar-refractivity contribution in [1.82, 2.24) is 10.6 Å². The largest absolute Gasteiger partial charge is 0.346 e. The number of halogens is 1. The minimum Gasteiger partial charge on any atom is -0.346 e. The van der Waals surface area contributed by atoms with Crippen LogP contribution in [0.15, 0.2) is 34.4 Å². The van der Waals surface area contributed by atoms with Crippen LogP contribution in [0.4, 0.5) is 0 Å². The van der Waals surface area contributed by atoms with Crippen molar-refractivity contribution in [2.45, 2.75) is 33.2 Å². The SMILES string of the molecule is CC(=O)NC(=Cc1ccccc1Br)C(=O)NC(C)(C)C. The van der Waals surface area contributed by atoms with Crippen molar-refractivity contribution in [3.8, 4) is 0 Å². The molecule has 0 spiro atoms. The summed E-state index contributed by atoms with van der Waals surface area (Å²) in [4.78, 5) is 23.5. The van der Waals surface area contributed by atoms with Crippen molar-refractivity contribution < 1.29 is 9.59 Å². The Balaban J connectivity index is 3.09. The van der Waals surface area contributed by atoms with Gasteiger partial charge in [0.1, 0.15) is 5.70 Å². The second-order valence-electron chi connectivity index (χ2n) is 5.46. The molecule has 2 amide bonds. The molecule has 20 heavy (non-hydrogen) atoms. The average molecular weight is 339 g/mol. The van der Waals surface area contributed by atoms with Gasteiger partial charge in [0, 0.05) is 16.9 Å². The van der Waals surface area contributed by atoms with Crippen LogP contribution in [0, 0.1) is 0 Å². The van der Waals surface area contributed by atoms with Gasteiger partial charge in [-0.25, -0.2) is 0 Å². The first-order chi connectivity index (χ1) is 9.19. The second kappa shape index (κ2) is 6.70.